The van der Waals surface area contributed by atoms with Crippen molar-refractivity contribution in [1.29, 1.82) is 0 Å². The summed E-state index contributed by atoms with van der Waals surface area (Å²) in [6.07, 6.45) is 7.55. The maximum Gasteiger partial charge on any atom is 0.508 e. The van der Waals surface area contributed by atoms with Gasteiger partial charge in [0, 0.05) is 0 Å². The van der Waals surface area contributed by atoms with E-state index in [9.17, 15) is 4.79 Å². The molecule has 0 heterocycles. The van der Waals surface area contributed by atoms with E-state index in [0.29, 0.717) is 13.2 Å². The van der Waals surface area contributed by atoms with E-state index in [4.69, 9.17) is 9.47 Å². The molecule has 0 aliphatic carbocycles. The quantitative estimate of drug-likeness (QED) is 0.397. The molecule has 1 rings (SSSR count). The van der Waals surface area contributed by atoms with Crippen molar-refractivity contribution in [2.24, 2.45) is 0 Å². The highest BCUT2D eigenvalue weighted by atomic mass is 16.7. The first-order chi connectivity index (χ1) is 10.8. The second-order valence-electron chi connectivity index (χ2n) is 4.31. The molecule has 5 nitrogen and oxygen atoms in total. The van der Waals surface area contributed by atoms with Crippen LogP contribution in [-0.2, 0) is 20.8 Å². The molecule has 0 N–H and O–H groups in total. The fraction of sp³-hybridized carbons (Fsp3) is 0.353. The minimum Gasteiger partial charge on any atom is -0.497 e. The SMILES string of the molecule is COC(=O)OC/C=C/C=C/CCOCc1ccc(OC)cc1. The summed E-state index contributed by atoms with van der Waals surface area (Å²) in [5.74, 6) is 0.842. The molecule has 0 saturated heterocycles. The maximum absolute atomic E-state index is 10.7. The topological polar surface area (TPSA) is 54.0 Å². The Bertz CT molecular complexity index is 476. The molecule has 0 bridgehead atoms. The predicted octanol–water partition coefficient (Wildman–Crippen LogP) is 3.50. The molecule has 0 atom stereocenters. The van der Waals surface area contributed by atoms with Crippen LogP contribution in [0, 0.1) is 0 Å². The summed E-state index contributed by atoms with van der Waals surface area (Å²) >= 11 is 0. The third kappa shape index (κ3) is 8.11. The van der Waals surface area contributed by atoms with E-state index < -0.39 is 6.16 Å². The van der Waals surface area contributed by atoms with Crippen LogP contribution in [-0.4, -0.2) is 33.6 Å². The zero-order valence-corrected chi connectivity index (χ0v) is 13.0. The van der Waals surface area contributed by atoms with Crippen LogP contribution >= 0.6 is 0 Å². The molecule has 0 fully saturated rings. The van der Waals surface area contributed by atoms with Gasteiger partial charge in [-0.2, -0.15) is 0 Å². The Labute approximate surface area is 131 Å². The summed E-state index contributed by atoms with van der Waals surface area (Å²) in [6, 6.07) is 7.80. The molecule has 0 spiro atoms. The van der Waals surface area contributed by atoms with E-state index in [0.717, 1.165) is 17.7 Å². The van der Waals surface area contributed by atoms with Gasteiger partial charge in [-0.25, -0.2) is 4.79 Å². The number of carbonyl (C=O) groups is 1. The van der Waals surface area contributed by atoms with Crippen molar-refractivity contribution in [2.75, 3.05) is 27.4 Å². The second kappa shape index (κ2) is 11.4. The van der Waals surface area contributed by atoms with Crippen LogP contribution in [0.5, 0.6) is 5.75 Å². The number of methoxy groups -OCH3 is 2. The van der Waals surface area contributed by atoms with Crippen LogP contribution < -0.4 is 4.74 Å². The molecular formula is C17H22O5. The summed E-state index contributed by atoms with van der Waals surface area (Å²) in [6.45, 7) is 1.43. The van der Waals surface area contributed by atoms with Crippen LogP contribution in [0.3, 0.4) is 0 Å². The molecule has 0 saturated carbocycles. The zero-order chi connectivity index (χ0) is 16.0. The van der Waals surface area contributed by atoms with Crippen LogP contribution in [0.15, 0.2) is 48.6 Å². The second-order valence-corrected chi connectivity index (χ2v) is 4.31. The summed E-state index contributed by atoms with van der Waals surface area (Å²) in [5.41, 5.74) is 1.12. The third-order valence-corrected chi connectivity index (χ3v) is 2.70. The van der Waals surface area contributed by atoms with Gasteiger partial charge in [-0.15, -0.1) is 0 Å². The van der Waals surface area contributed by atoms with Gasteiger partial charge in [0.2, 0.25) is 0 Å². The highest BCUT2D eigenvalue weighted by molar-refractivity contribution is 5.59. The van der Waals surface area contributed by atoms with Gasteiger partial charge in [-0.3, -0.25) is 0 Å². The van der Waals surface area contributed by atoms with Gasteiger partial charge in [0.15, 0.2) is 0 Å². The molecule has 22 heavy (non-hydrogen) atoms. The standard InChI is InChI=1S/C17H22O5/c1-19-16-10-8-15(9-11-16)14-21-12-6-4-3-5-7-13-22-17(18)20-2/h3-5,7-11H,6,12-14H2,1-2H3/b4-3+,7-5+. The van der Waals surface area contributed by atoms with Gasteiger partial charge in [-0.1, -0.05) is 30.4 Å². The minimum atomic E-state index is -0.680. The Morgan fingerprint density at radius 1 is 1.09 bits per heavy atom. The third-order valence-electron chi connectivity index (χ3n) is 2.70. The fourth-order valence-corrected chi connectivity index (χ4v) is 1.55. The number of carbonyl (C=O) groups excluding carboxylic acids is 1. The van der Waals surface area contributed by atoms with Crippen molar-refractivity contribution >= 4 is 6.16 Å². The number of hydrogen-bond acceptors (Lipinski definition) is 5. The molecular weight excluding hydrogens is 284 g/mol. The van der Waals surface area contributed by atoms with E-state index >= 15 is 0 Å². The van der Waals surface area contributed by atoms with E-state index in [2.05, 4.69) is 9.47 Å². The van der Waals surface area contributed by atoms with E-state index in [1.807, 2.05) is 42.5 Å². The van der Waals surface area contributed by atoms with Crippen molar-refractivity contribution in [2.45, 2.75) is 13.0 Å². The summed E-state index contributed by atoms with van der Waals surface area (Å²) in [5, 5.41) is 0. The Kier molecular flexibility index (Phi) is 9.21. The van der Waals surface area contributed by atoms with Gasteiger partial charge >= 0.3 is 6.16 Å². The first-order valence-corrected chi connectivity index (χ1v) is 6.99. The van der Waals surface area contributed by atoms with Crippen LogP contribution in [0.2, 0.25) is 0 Å². The normalized spacial score (nSPS) is 11.0. The van der Waals surface area contributed by atoms with E-state index in [1.54, 1.807) is 13.2 Å². The van der Waals surface area contributed by atoms with E-state index in [-0.39, 0.29) is 6.61 Å². The van der Waals surface area contributed by atoms with Gasteiger partial charge in [0.25, 0.3) is 0 Å². The maximum atomic E-state index is 10.7. The zero-order valence-electron chi connectivity index (χ0n) is 13.0. The van der Waals surface area contributed by atoms with Gasteiger partial charge in [-0.05, 0) is 30.2 Å². The van der Waals surface area contributed by atoms with Crippen LogP contribution in [0.25, 0.3) is 0 Å². The van der Waals surface area contributed by atoms with Crippen molar-refractivity contribution in [1.82, 2.24) is 0 Å². The largest absolute Gasteiger partial charge is 0.508 e. The number of hydrogen-bond donors (Lipinski definition) is 0. The lowest BCUT2D eigenvalue weighted by molar-refractivity contribution is 0.0818. The molecule has 0 unspecified atom stereocenters. The fourth-order valence-electron chi connectivity index (χ4n) is 1.55. The molecule has 0 amide bonds. The minimum absolute atomic E-state index is 0.199. The predicted molar refractivity (Wildman–Crippen MR) is 83.9 cm³/mol. The number of allylic oxidation sites excluding steroid dienone is 2. The molecule has 1 aromatic carbocycles. The summed E-state index contributed by atoms with van der Waals surface area (Å²) in [4.78, 5) is 10.7. The summed E-state index contributed by atoms with van der Waals surface area (Å²) in [7, 11) is 2.92. The summed E-state index contributed by atoms with van der Waals surface area (Å²) < 4.78 is 19.7. The molecule has 0 aliphatic rings. The highest BCUT2D eigenvalue weighted by Gasteiger charge is 1.95. The Morgan fingerprint density at radius 3 is 2.50 bits per heavy atom. The monoisotopic (exact) mass is 306 g/mol. The molecule has 120 valence electrons. The number of rotatable bonds is 9. The van der Waals surface area contributed by atoms with Crippen molar-refractivity contribution in [3.63, 3.8) is 0 Å². The lowest BCUT2D eigenvalue weighted by Gasteiger charge is -2.04. The lowest BCUT2D eigenvalue weighted by atomic mass is 10.2. The molecule has 0 aliphatic heterocycles. The van der Waals surface area contributed by atoms with Crippen molar-refractivity contribution in [3.05, 3.63) is 54.1 Å². The van der Waals surface area contributed by atoms with Crippen molar-refractivity contribution < 1.29 is 23.7 Å². The first kappa shape index (κ1) is 17.8. The van der Waals surface area contributed by atoms with Crippen LogP contribution in [0.1, 0.15) is 12.0 Å². The van der Waals surface area contributed by atoms with Crippen LogP contribution in [0.4, 0.5) is 4.79 Å². The Hall–Kier alpha value is -2.27. The highest BCUT2D eigenvalue weighted by Crippen LogP contribution is 2.11. The Balaban J connectivity index is 2.05. The average molecular weight is 306 g/mol. The smallest absolute Gasteiger partial charge is 0.497 e. The van der Waals surface area contributed by atoms with Crippen molar-refractivity contribution in [3.8, 4) is 5.75 Å². The number of ether oxygens (including phenoxy) is 4. The number of benzene rings is 1. The van der Waals surface area contributed by atoms with E-state index in [1.165, 1.54) is 7.11 Å². The average Bonchev–Trinajstić information content (AvgIpc) is 2.56. The first-order valence-electron chi connectivity index (χ1n) is 6.99. The molecule has 0 aromatic heterocycles. The Morgan fingerprint density at radius 2 is 1.82 bits per heavy atom. The molecule has 0 radical (unpaired) electrons. The molecule has 5 heteroatoms. The lowest BCUT2D eigenvalue weighted by Crippen LogP contribution is -2.03. The van der Waals surface area contributed by atoms with Gasteiger partial charge in [0.1, 0.15) is 12.4 Å². The molecule has 1 aromatic rings. The van der Waals surface area contributed by atoms with Gasteiger partial charge in [0.05, 0.1) is 27.4 Å². The van der Waals surface area contributed by atoms with Gasteiger partial charge < -0.3 is 18.9 Å².